The van der Waals surface area contributed by atoms with Crippen molar-refractivity contribution in [1.82, 2.24) is 13.9 Å². The van der Waals surface area contributed by atoms with Crippen molar-refractivity contribution in [2.24, 2.45) is 0 Å². The fourth-order valence-electron chi connectivity index (χ4n) is 3.97. The van der Waals surface area contributed by atoms with E-state index < -0.39 is 44.9 Å². The van der Waals surface area contributed by atoms with Crippen LogP contribution in [0.2, 0.25) is 10.0 Å². The van der Waals surface area contributed by atoms with Gasteiger partial charge in [0.15, 0.2) is 0 Å². The van der Waals surface area contributed by atoms with Crippen LogP contribution in [0.3, 0.4) is 0 Å². The zero-order valence-corrected chi connectivity index (χ0v) is 24.2. The van der Waals surface area contributed by atoms with Gasteiger partial charge in [0.05, 0.1) is 29.5 Å². The summed E-state index contributed by atoms with van der Waals surface area (Å²) in [5.74, 6) is -1.37. The van der Waals surface area contributed by atoms with Gasteiger partial charge in [-0.05, 0) is 54.1 Å². The average Bonchev–Trinajstić information content (AvgIpc) is 2.94. The van der Waals surface area contributed by atoms with Gasteiger partial charge in [0.25, 0.3) is 0 Å². The summed E-state index contributed by atoms with van der Waals surface area (Å²) in [6, 6.07) is 15.4. The quantitative estimate of drug-likeness (QED) is 0.366. The van der Waals surface area contributed by atoms with Gasteiger partial charge in [-0.1, -0.05) is 41.4 Å². The molecular weight excluding hydrogens is 604 g/mol. The summed E-state index contributed by atoms with van der Waals surface area (Å²) in [6.07, 6.45) is 0. The molecule has 3 aromatic carbocycles. The van der Waals surface area contributed by atoms with Crippen molar-refractivity contribution in [3.8, 4) is 0 Å². The Hall–Kier alpha value is -2.58. The number of morpholine rings is 1. The van der Waals surface area contributed by atoms with E-state index in [-0.39, 0.29) is 40.0 Å². The van der Waals surface area contributed by atoms with E-state index in [9.17, 15) is 26.0 Å². The average molecular weight is 631 g/mol. The molecule has 0 radical (unpaired) electrons. The highest BCUT2D eigenvalue weighted by Crippen LogP contribution is 2.25. The van der Waals surface area contributed by atoms with E-state index in [1.807, 2.05) is 0 Å². The Bertz CT molecular complexity index is 1540. The lowest BCUT2D eigenvalue weighted by molar-refractivity contribution is -0.121. The van der Waals surface area contributed by atoms with E-state index in [0.717, 1.165) is 10.4 Å². The number of carbonyl (C=O) groups is 1. The second-order valence-electron chi connectivity index (χ2n) is 8.86. The summed E-state index contributed by atoms with van der Waals surface area (Å²) >= 11 is 12.0. The summed E-state index contributed by atoms with van der Waals surface area (Å²) in [4.78, 5) is 12.9. The minimum atomic E-state index is -4.25. The number of ether oxygens (including phenoxy) is 1. The molecule has 0 saturated carbocycles. The molecule has 9 nitrogen and oxygen atoms in total. The molecule has 0 bridgehead atoms. The van der Waals surface area contributed by atoms with Gasteiger partial charge in [0.2, 0.25) is 26.0 Å². The van der Waals surface area contributed by atoms with Gasteiger partial charge in [0, 0.05) is 41.8 Å². The van der Waals surface area contributed by atoms with E-state index in [2.05, 4.69) is 5.32 Å². The van der Waals surface area contributed by atoms with Crippen LogP contribution >= 0.6 is 23.2 Å². The maximum atomic E-state index is 14.5. The van der Waals surface area contributed by atoms with Crippen molar-refractivity contribution < 1.29 is 30.8 Å². The number of sulfonamides is 2. The highest BCUT2D eigenvalue weighted by atomic mass is 35.5. The van der Waals surface area contributed by atoms with E-state index in [1.165, 1.54) is 52.8 Å². The molecule has 0 unspecified atom stereocenters. The van der Waals surface area contributed by atoms with Crippen LogP contribution in [-0.2, 0) is 42.7 Å². The molecule has 1 aliphatic rings. The van der Waals surface area contributed by atoms with Crippen LogP contribution in [-0.4, -0.2) is 64.2 Å². The third-order valence-electron chi connectivity index (χ3n) is 6.19. The molecular formula is C26H26Cl2FN3O6S2. The van der Waals surface area contributed by atoms with Crippen LogP contribution in [0, 0.1) is 5.82 Å². The topological polar surface area (TPSA) is 113 Å². The highest BCUT2D eigenvalue weighted by Gasteiger charge is 2.29. The zero-order valence-electron chi connectivity index (χ0n) is 21.1. The van der Waals surface area contributed by atoms with Gasteiger partial charge in [0.1, 0.15) is 5.82 Å². The Morgan fingerprint density at radius 3 is 2.17 bits per heavy atom. The Morgan fingerprint density at radius 1 is 0.925 bits per heavy atom. The molecule has 4 rings (SSSR count). The molecule has 3 aromatic rings. The molecule has 0 atom stereocenters. The second kappa shape index (κ2) is 12.9. The van der Waals surface area contributed by atoms with E-state index in [0.29, 0.717) is 23.8 Å². The van der Waals surface area contributed by atoms with Crippen molar-refractivity contribution in [3.63, 3.8) is 0 Å². The minimum absolute atomic E-state index is 0.00595. The van der Waals surface area contributed by atoms with Gasteiger partial charge in [-0.15, -0.1) is 0 Å². The maximum Gasteiger partial charge on any atom is 0.243 e. The van der Waals surface area contributed by atoms with Gasteiger partial charge >= 0.3 is 0 Å². The largest absolute Gasteiger partial charge is 0.379 e. The number of carbonyl (C=O) groups excluding carboxylic acids is 1. The van der Waals surface area contributed by atoms with Crippen LogP contribution in [0.15, 0.2) is 76.5 Å². The highest BCUT2D eigenvalue weighted by molar-refractivity contribution is 7.89. The molecule has 214 valence electrons. The molecule has 1 heterocycles. The summed E-state index contributed by atoms with van der Waals surface area (Å²) in [7, 11) is -7.92. The fourth-order valence-corrected chi connectivity index (χ4v) is 7.09. The second-order valence-corrected chi connectivity index (χ2v) is 13.6. The molecule has 1 N–H and O–H groups in total. The lowest BCUT2D eigenvalue weighted by Gasteiger charge is -2.26. The van der Waals surface area contributed by atoms with Crippen LogP contribution in [0.5, 0.6) is 0 Å². The summed E-state index contributed by atoms with van der Waals surface area (Å²) in [6.45, 7) is 0.0961. The predicted molar refractivity (Wildman–Crippen MR) is 148 cm³/mol. The number of hydrogen-bond acceptors (Lipinski definition) is 6. The molecule has 40 heavy (non-hydrogen) atoms. The molecule has 0 aromatic heterocycles. The third-order valence-corrected chi connectivity index (χ3v) is 10.5. The summed E-state index contributed by atoms with van der Waals surface area (Å²) < 4.78 is 74.3. The van der Waals surface area contributed by atoms with Crippen molar-refractivity contribution >= 4 is 49.2 Å². The predicted octanol–water partition coefficient (Wildman–Crippen LogP) is 3.66. The Labute approximate surface area is 242 Å². The number of nitrogens with one attached hydrogen (secondary N) is 1. The maximum absolute atomic E-state index is 14.5. The number of amides is 1. The number of nitrogens with zero attached hydrogens (tertiary/aromatic N) is 2. The molecule has 0 aliphatic carbocycles. The number of benzene rings is 3. The van der Waals surface area contributed by atoms with Crippen molar-refractivity contribution in [2.75, 3.05) is 32.8 Å². The smallest absolute Gasteiger partial charge is 0.243 e. The lowest BCUT2D eigenvalue weighted by Crippen LogP contribution is -2.40. The van der Waals surface area contributed by atoms with Gasteiger partial charge < -0.3 is 10.1 Å². The van der Waals surface area contributed by atoms with E-state index >= 15 is 0 Å². The van der Waals surface area contributed by atoms with E-state index in [4.69, 9.17) is 27.9 Å². The standard InChI is InChI=1S/C26H26Cl2FN3O6S2/c27-20-6-10-22(11-7-20)40(36,37)32(17-23-24(28)2-1-3-25(23)29)18-26(33)30-16-19-4-8-21(9-5-19)39(34,35)31-12-14-38-15-13-31/h1-11H,12-18H2,(H,30,33). The van der Waals surface area contributed by atoms with Gasteiger partial charge in [-0.3, -0.25) is 4.79 Å². The minimum Gasteiger partial charge on any atom is -0.379 e. The Kier molecular flexibility index (Phi) is 9.83. The first kappa shape index (κ1) is 30.4. The van der Waals surface area contributed by atoms with Gasteiger partial charge in [-0.25, -0.2) is 21.2 Å². The third kappa shape index (κ3) is 7.19. The monoisotopic (exact) mass is 629 g/mol. The Balaban J connectivity index is 1.48. The lowest BCUT2D eigenvalue weighted by atomic mass is 10.2. The van der Waals surface area contributed by atoms with Crippen LogP contribution in [0.25, 0.3) is 0 Å². The van der Waals surface area contributed by atoms with Crippen molar-refractivity contribution in [1.29, 1.82) is 0 Å². The first-order chi connectivity index (χ1) is 19.0. The zero-order chi connectivity index (χ0) is 28.9. The normalized spacial score (nSPS) is 14.8. The fraction of sp³-hybridized carbons (Fsp3) is 0.269. The number of rotatable bonds is 10. The van der Waals surface area contributed by atoms with Crippen molar-refractivity contribution in [3.05, 3.63) is 93.7 Å². The number of halogens is 3. The molecule has 14 heteroatoms. The molecule has 0 spiro atoms. The molecule has 1 amide bonds. The van der Waals surface area contributed by atoms with Crippen molar-refractivity contribution in [2.45, 2.75) is 22.9 Å². The summed E-state index contributed by atoms with van der Waals surface area (Å²) in [5, 5.41) is 2.97. The molecule has 1 aliphatic heterocycles. The molecule has 1 fully saturated rings. The number of hydrogen-bond donors (Lipinski definition) is 1. The first-order valence-electron chi connectivity index (χ1n) is 12.1. The first-order valence-corrected chi connectivity index (χ1v) is 15.7. The van der Waals surface area contributed by atoms with Gasteiger partial charge in [-0.2, -0.15) is 8.61 Å². The Morgan fingerprint density at radius 2 is 1.55 bits per heavy atom. The van der Waals surface area contributed by atoms with Crippen LogP contribution in [0.1, 0.15) is 11.1 Å². The summed E-state index contributed by atoms with van der Waals surface area (Å²) in [5.41, 5.74) is 0.519. The molecule has 1 saturated heterocycles. The van der Waals surface area contributed by atoms with E-state index in [1.54, 1.807) is 12.1 Å². The van der Waals surface area contributed by atoms with Crippen LogP contribution < -0.4 is 5.32 Å². The van der Waals surface area contributed by atoms with Crippen LogP contribution in [0.4, 0.5) is 4.39 Å². The SMILES string of the molecule is O=C(CN(Cc1c(F)cccc1Cl)S(=O)(=O)c1ccc(Cl)cc1)NCc1ccc(S(=O)(=O)N2CCOCC2)cc1.